The van der Waals surface area contributed by atoms with E-state index in [-0.39, 0.29) is 0 Å². The van der Waals surface area contributed by atoms with Gasteiger partial charge in [-0.25, -0.2) is 0 Å². The number of para-hydroxylation sites is 4. The van der Waals surface area contributed by atoms with Gasteiger partial charge in [0.1, 0.15) is 23.0 Å². The quantitative estimate of drug-likeness (QED) is 0.167. The molecule has 0 bridgehead atoms. The summed E-state index contributed by atoms with van der Waals surface area (Å²) in [6, 6.07) is 77.0. The van der Waals surface area contributed by atoms with Crippen molar-refractivity contribution in [2.75, 3.05) is 0 Å². The standard InChI is InChI=1S/C32H18ClNO.C25H14BrClO.C7H6BNO2/c33-23-14-16-27-25(18-23)24-17-22(21-11-9-20(19-34)10-12-21)13-15-26(24)32(27)28-5-1-3-7-30(28)35-31-8-4-2-6-29(31)32;26-15-9-11-19-17(13-15)18-14-16(27)10-12-20(18)25(19)21-5-1-3-7-23(21)28-24-8-4-2-6-22(24)25;9-5-6-1-3-7(4-2-6)8(10)11/h1-18H;1-14H;1-4,10-11H. The van der Waals surface area contributed by atoms with E-state index in [0.717, 1.165) is 65.9 Å². The highest BCUT2D eigenvalue weighted by atomic mass is 79.9. The average molecular weight is 1060 g/mol. The summed E-state index contributed by atoms with van der Waals surface area (Å²) >= 11 is 16.6. The van der Waals surface area contributed by atoms with Gasteiger partial charge in [0, 0.05) is 36.8 Å². The molecule has 352 valence electrons. The lowest BCUT2D eigenvalue weighted by Crippen LogP contribution is -2.32. The van der Waals surface area contributed by atoms with Gasteiger partial charge in [-0.1, -0.05) is 167 Å². The first kappa shape index (κ1) is 46.9. The number of nitriles is 2. The Hall–Kier alpha value is -8.18. The second-order valence-electron chi connectivity index (χ2n) is 18.3. The second kappa shape index (κ2) is 18.7. The Kier molecular flexibility index (Phi) is 11.8. The van der Waals surface area contributed by atoms with Gasteiger partial charge < -0.3 is 19.5 Å². The SMILES string of the molecule is Clc1ccc2c(c1)-c1cc(Br)ccc1C21c2ccccc2Oc2ccccc21.N#Cc1ccc(-c2ccc3c(c2)-c2cc(Cl)ccc2C32c3ccccc3Oc3ccccc32)cc1.N#Cc1ccc(B(O)O)cc1. The van der Waals surface area contributed by atoms with Crippen LogP contribution >= 0.6 is 39.1 Å². The van der Waals surface area contributed by atoms with Crippen molar-refractivity contribution in [2.45, 2.75) is 10.8 Å². The van der Waals surface area contributed by atoms with Crippen LogP contribution in [0.15, 0.2) is 223 Å². The zero-order valence-corrected chi connectivity index (χ0v) is 42.2. The Morgan fingerprint density at radius 1 is 0.392 bits per heavy atom. The Morgan fingerprint density at radius 2 is 0.743 bits per heavy atom. The van der Waals surface area contributed by atoms with Crippen molar-refractivity contribution in [1.82, 2.24) is 0 Å². The van der Waals surface area contributed by atoms with Crippen molar-refractivity contribution >= 4 is 51.7 Å². The molecule has 10 aromatic rings. The summed E-state index contributed by atoms with van der Waals surface area (Å²) in [7, 11) is -1.46. The molecule has 6 nitrogen and oxygen atoms in total. The van der Waals surface area contributed by atoms with E-state index in [2.05, 4.69) is 143 Å². The lowest BCUT2D eigenvalue weighted by molar-refractivity contribution is 0.425. The molecular formula is C64H38BBrCl2N2O4. The third-order valence-electron chi connectivity index (χ3n) is 14.5. The highest BCUT2D eigenvalue weighted by Gasteiger charge is 2.52. The first-order valence-corrected chi connectivity index (χ1v) is 25.3. The highest BCUT2D eigenvalue weighted by Crippen LogP contribution is 2.64. The van der Waals surface area contributed by atoms with Gasteiger partial charge in [-0.3, -0.25) is 0 Å². The van der Waals surface area contributed by atoms with Crippen LogP contribution in [0.3, 0.4) is 0 Å². The van der Waals surface area contributed by atoms with Gasteiger partial charge in [0.25, 0.3) is 0 Å². The van der Waals surface area contributed by atoms with Gasteiger partial charge in [0.05, 0.1) is 34.1 Å². The van der Waals surface area contributed by atoms with E-state index in [9.17, 15) is 5.26 Å². The summed E-state index contributed by atoms with van der Waals surface area (Å²) in [6.45, 7) is 0. The van der Waals surface area contributed by atoms with Crippen molar-refractivity contribution in [3.05, 3.63) is 289 Å². The fourth-order valence-electron chi connectivity index (χ4n) is 11.4. The third-order valence-corrected chi connectivity index (χ3v) is 15.4. The number of hydrogen-bond donors (Lipinski definition) is 2. The zero-order chi connectivity index (χ0) is 50.7. The van der Waals surface area contributed by atoms with E-state index < -0.39 is 17.9 Å². The average Bonchev–Trinajstić information content (AvgIpc) is 3.87. The van der Waals surface area contributed by atoms with Crippen molar-refractivity contribution in [1.29, 1.82) is 10.5 Å². The van der Waals surface area contributed by atoms with Crippen LogP contribution in [0, 0.1) is 22.7 Å². The molecule has 2 aliphatic carbocycles. The fourth-order valence-corrected chi connectivity index (χ4v) is 12.1. The van der Waals surface area contributed by atoms with Gasteiger partial charge in [0.15, 0.2) is 0 Å². The number of rotatable bonds is 2. The predicted octanol–water partition coefficient (Wildman–Crippen LogP) is 15.2. The fraction of sp³-hybridized carbons (Fsp3) is 0.0312. The molecule has 14 rings (SSSR count). The lowest BCUT2D eigenvalue weighted by Gasteiger charge is -2.39. The minimum atomic E-state index is -1.46. The molecule has 2 N–H and O–H groups in total. The maximum atomic E-state index is 9.19. The normalized spacial score (nSPS) is 13.3. The van der Waals surface area contributed by atoms with Crippen LogP contribution in [0.1, 0.15) is 55.6 Å². The van der Waals surface area contributed by atoms with Gasteiger partial charge in [0.2, 0.25) is 0 Å². The topological polar surface area (TPSA) is 106 Å². The summed E-state index contributed by atoms with van der Waals surface area (Å²) < 4.78 is 13.7. The molecule has 0 amide bonds. The molecule has 0 atom stereocenters. The summed E-state index contributed by atoms with van der Waals surface area (Å²) in [6.07, 6.45) is 0. The number of ether oxygens (including phenoxy) is 2. The van der Waals surface area contributed by atoms with Gasteiger partial charge in [-0.15, -0.1) is 0 Å². The van der Waals surface area contributed by atoms with Crippen LogP contribution in [-0.2, 0) is 10.8 Å². The second-order valence-corrected chi connectivity index (χ2v) is 20.1. The molecular weight excluding hydrogens is 1020 g/mol. The molecule has 0 saturated heterocycles. The van der Waals surface area contributed by atoms with Crippen LogP contribution in [-0.4, -0.2) is 17.2 Å². The minimum Gasteiger partial charge on any atom is -0.457 e. The van der Waals surface area contributed by atoms with Crippen molar-refractivity contribution in [2.24, 2.45) is 0 Å². The van der Waals surface area contributed by atoms with Crippen LogP contribution in [0.25, 0.3) is 33.4 Å². The van der Waals surface area contributed by atoms with Crippen LogP contribution in [0.4, 0.5) is 0 Å². The Labute approximate surface area is 446 Å². The van der Waals surface area contributed by atoms with E-state index in [1.54, 1.807) is 0 Å². The summed E-state index contributed by atoms with van der Waals surface area (Å²) in [5.41, 5.74) is 17.0. The predicted molar refractivity (Wildman–Crippen MR) is 296 cm³/mol. The Balaban J connectivity index is 0.000000127. The Bertz CT molecular complexity index is 3830. The monoisotopic (exact) mass is 1060 g/mol. The molecule has 0 aromatic heterocycles. The molecule has 4 aliphatic rings. The molecule has 2 heterocycles. The first-order valence-electron chi connectivity index (χ1n) is 23.8. The van der Waals surface area contributed by atoms with Crippen molar-refractivity contribution < 1.29 is 19.5 Å². The zero-order valence-electron chi connectivity index (χ0n) is 39.1. The largest absolute Gasteiger partial charge is 0.488 e. The van der Waals surface area contributed by atoms with Crippen molar-refractivity contribution in [3.8, 4) is 68.5 Å². The van der Waals surface area contributed by atoms with Gasteiger partial charge >= 0.3 is 7.12 Å². The van der Waals surface area contributed by atoms with Crippen LogP contribution in [0.2, 0.25) is 10.0 Å². The summed E-state index contributed by atoms with van der Waals surface area (Å²) in [5.74, 6) is 3.54. The molecule has 2 aliphatic heterocycles. The molecule has 0 saturated carbocycles. The highest BCUT2D eigenvalue weighted by molar-refractivity contribution is 9.10. The van der Waals surface area contributed by atoms with E-state index >= 15 is 0 Å². The van der Waals surface area contributed by atoms with Crippen LogP contribution in [0.5, 0.6) is 23.0 Å². The van der Waals surface area contributed by atoms with Crippen molar-refractivity contribution in [3.63, 3.8) is 0 Å². The molecule has 10 heteroatoms. The molecule has 0 unspecified atom stereocenters. The number of halogens is 3. The third kappa shape index (κ3) is 7.45. The number of benzene rings is 10. The van der Waals surface area contributed by atoms with E-state index in [4.69, 9.17) is 48.0 Å². The van der Waals surface area contributed by atoms with E-state index in [1.807, 2.05) is 78.9 Å². The van der Waals surface area contributed by atoms with Gasteiger partial charge in [-0.05, 0) is 152 Å². The number of fused-ring (bicyclic) bond motifs is 18. The Morgan fingerprint density at radius 3 is 1.16 bits per heavy atom. The smallest absolute Gasteiger partial charge is 0.457 e. The number of hydrogen-bond acceptors (Lipinski definition) is 6. The van der Waals surface area contributed by atoms with E-state index in [0.29, 0.717) is 21.6 Å². The number of nitrogens with zero attached hydrogens (tertiary/aromatic N) is 2. The van der Waals surface area contributed by atoms with Crippen LogP contribution < -0.4 is 14.9 Å². The lowest BCUT2D eigenvalue weighted by atomic mass is 9.66. The first-order chi connectivity index (χ1) is 36.1. The molecule has 74 heavy (non-hydrogen) atoms. The molecule has 10 aromatic carbocycles. The molecule has 0 radical (unpaired) electrons. The minimum absolute atomic E-state index is 0.393. The molecule has 2 spiro atoms. The van der Waals surface area contributed by atoms with Gasteiger partial charge in [-0.2, -0.15) is 10.5 Å². The molecule has 0 fully saturated rings. The maximum absolute atomic E-state index is 9.19. The summed E-state index contributed by atoms with van der Waals surface area (Å²) in [5, 5.41) is 36.4. The van der Waals surface area contributed by atoms with E-state index in [1.165, 1.54) is 68.8 Å². The summed E-state index contributed by atoms with van der Waals surface area (Å²) in [4.78, 5) is 0. The maximum Gasteiger partial charge on any atom is 0.488 e.